The SMILES string of the molecule is COc1ccc2oc(/C=C/C(=O)n3cccc3)cc2c1. The van der Waals surface area contributed by atoms with Gasteiger partial charge in [0.15, 0.2) is 0 Å². The molecular weight excluding hydrogens is 254 g/mol. The Morgan fingerprint density at radius 2 is 2.05 bits per heavy atom. The lowest BCUT2D eigenvalue weighted by Crippen LogP contribution is -2.02. The zero-order valence-electron chi connectivity index (χ0n) is 10.9. The number of carbonyl (C=O) groups excluding carboxylic acids is 1. The van der Waals surface area contributed by atoms with Crippen LogP contribution in [0.5, 0.6) is 5.75 Å². The van der Waals surface area contributed by atoms with E-state index in [1.54, 1.807) is 37.7 Å². The molecule has 20 heavy (non-hydrogen) atoms. The third-order valence-corrected chi connectivity index (χ3v) is 2.99. The molecule has 100 valence electrons. The Kier molecular flexibility index (Phi) is 3.13. The van der Waals surface area contributed by atoms with Crippen LogP contribution in [-0.2, 0) is 0 Å². The molecule has 0 amide bonds. The van der Waals surface area contributed by atoms with E-state index in [0.29, 0.717) is 5.76 Å². The predicted molar refractivity (Wildman–Crippen MR) is 76.9 cm³/mol. The van der Waals surface area contributed by atoms with Gasteiger partial charge in [-0.15, -0.1) is 0 Å². The Labute approximate surface area is 115 Å². The molecule has 1 aromatic carbocycles. The lowest BCUT2D eigenvalue weighted by molar-refractivity contribution is 0.0970. The second-order valence-corrected chi connectivity index (χ2v) is 4.31. The first kappa shape index (κ1) is 12.3. The van der Waals surface area contributed by atoms with Crippen molar-refractivity contribution in [2.45, 2.75) is 0 Å². The van der Waals surface area contributed by atoms with E-state index in [2.05, 4.69) is 0 Å². The molecule has 0 unspecified atom stereocenters. The van der Waals surface area contributed by atoms with Crippen molar-refractivity contribution in [2.24, 2.45) is 0 Å². The van der Waals surface area contributed by atoms with Crippen LogP contribution in [0.25, 0.3) is 17.0 Å². The van der Waals surface area contributed by atoms with Gasteiger partial charge in [0, 0.05) is 23.9 Å². The number of allylic oxidation sites excluding steroid dienone is 1. The molecule has 2 aromatic heterocycles. The number of hydrogen-bond donors (Lipinski definition) is 0. The van der Waals surface area contributed by atoms with Crippen LogP contribution >= 0.6 is 0 Å². The van der Waals surface area contributed by atoms with Gasteiger partial charge in [0.2, 0.25) is 0 Å². The molecule has 0 bridgehead atoms. The number of aromatic nitrogens is 1. The molecule has 0 radical (unpaired) electrons. The summed E-state index contributed by atoms with van der Waals surface area (Å²) in [6.45, 7) is 0. The van der Waals surface area contributed by atoms with E-state index in [4.69, 9.17) is 9.15 Å². The molecule has 0 fully saturated rings. The molecule has 0 saturated heterocycles. The molecule has 3 rings (SSSR count). The summed E-state index contributed by atoms with van der Waals surface area (Å²) in [7, 11) is 1.62. The second kappa shape index (κ2) is 5.09. The van der Waals surface area contributed by atoms with Gasteiger partial charge in [-0.1, -0.05) is 0 Å². The van der Waals surface area contributed by atoms with Gasteiger partial charge >= 0.3 is 0 Å². The average molecular weight is 267 g/mol. The monoisotopic (exact) mass is 267 g/mol. The number of furan rings is 1. The lowest BCUT2D eigenvalue weighted by Gasteiger charge is -1.96. The lowest BCUT2D eigenvalue weighted by atomic mass is 10.2. The number of nitrogens with zero attached hydrogens (tertiary/aromatic N) is 1. The van der Waals surface area contributed by atoms with Gasteiger partial charge in [-0.2, -0.15) is 0 Å². The highest BCUT2D eigenvalue weighted by atomic mass is 16.5. The second-order valence-electron chi connectivity index (χ2n) is 4.31. The van der Waals surface area contributed by atoms with E-state index >= 15 is 0 Å². The number of ether oxygens (including phenoxy) is 1. The molecule has 3 aromatic rings. The zero-order chi connectivity index (χ0) is 13.9. The van der Waals surface area contributed by atoms with Crippen LogP contribution in [0.2, 0.25) is 0 Å². The number of fused-ring (bicyclic) bond motifs is 1. The molecule has 0 atom stereocenters. The number of carbonyl (C=O) groups is 1. The van der Waals surface area contributed by atoms with Gasteiger partial charge in [0.05, 0.1) is 7.11 Å². The van der Waals surface area contributed by atoms with E-state index in [0.717, 1.165) is 16.7 Å². The van der Waals surface area contributed by atoms with Crippen molar-refractivity contribution >= 4 is 23.0 Å². The van der Waals surface area contributed by atoms with E-state index in [-0.39, 0.29) is 5.91 Å². The van der Waals surface area contributed by atoms with Crippen LogP contribution in [0.4, 0.5) is 0 Å². The molecule has 0 saturated carbocycles. The van der Waals surface area contributed by atoms with Crippen molar-refractivity contribution in [3.63, 3.8) is 0 Å². The maximum absolute atomic E-state index is 11.8. The van der Waals surface area contributed by atoms with Crippen LogP contribution in [0.1, 0.15) is 10.6 Å². The van der Waals surface area contributed by atoms with Gasteiger partial charge in [0.25, 0.3) is 5.91 Å². The van der Waals surface area contributed by atoms with Crippen molar-refractivity contribution < 1.29 is 13.9 Å². The first-order chi connectivity index (χ1) is 9.76. The molecule has 2 heterocycles. The summed E-state index contributed by atoms with van der Waals surface area (Å²) in [6, 6.07) is 11.1. The van der Waals surface area contributed by atoms with Crippen LogP contribution in [-0.4, -0.2) is 17.6 Å². The zero-order valence-corrected chi connectivity index (χ0v) is 10.9. The van der Waals surface area contributed by atoms with Crippen LogP contribution in [0.15, 0.2) is 59.3 Å². The molecule has 0 aliphatic rings. The number of hydrogen-bond acceptors (Lipinski definition) is 3. The molecule has 4 heteroatoms. The van der Waals surface area contributed by atoms with Gasteiger partial charge in [-0.3, -0.25) is 9.36 Å². The van der Waals surface area contributed by atoms with Crippen LogP contribution < -0.4 is 4.74 Å². The van der Waals surface area contributed by atoms with E-state index in [9.17, 15) is 4.79 Å². The van der Waals surface area contributed by atoms with Gasteiger partial charge in [-0.05, 0) is 42.5 Å². The van der Waals surface area contributed by atoms with Gasteiger partial charge in [0.1, 0.15) is 17.1 Å². The third kappa shape index (κ3) is 2.36. The fourth-order valence-corrected chi connectivity index (χ4v) is 1.97. The Bertz CT molecular complexity index is 766. The summed E-state index contributed by atoms with van der Waals surface area (Å²) in [5.74, 6) is 1.29. The number of rotatable bonds is 3. The van der Waals surface area contributed by atoms with E-state index in [1.807, 2.05) is 24.3 Å². The fourth-order valence-electron chi connectivity index (χ4n) is 1.97. The molecule has 0 spiro atoms. The summed E-state index contributed by atoms with van der Waals surface area (Å²) < 4.78 is 12.3. The Morgan fingerprint density at radius 1 is 1.25 bits per heavy atom. The minimum absolute atomic E-state index is 0.118. The standard InChI is InChI=1S/C16H13NO3/c1-19-13-4-6-15-12(10-13)11-14(20-15)5-7-16(18)17-8-2-3-9-17/h2-11H,1H3/b7-5+. The Hall–Kier alpha value is -2.75. The normalized spacial score (nSPS) is 11.2. The smallest absolute Gasteiger partial charge is 0.254 e. The minimum Gasteiger partial charge on any atom is -0.497 e. The Balaban J connectivity index is 1.85. The van der Waals surface area contributed by atoms with Gasteiger partial charge < -0.3 is 9.15 Å². The molecule has 0 aliphatic carbocycles. The number of methoxy groups -OCH3 is 1. The van der Waals surface area contributed by atoms with Crippen molar-refractivity contribution in [3.8, 4) is 5.75 Å². The summed E-state index contributed by atoms with van der Waals surface area (Å²) in [6.07, 6.45) is 6.55. The van der Waals surface area contributed by atoms with E-state index in [1.165, 1.54) is 10.6 Å². The van der Waals surface area contributed by atoms with E-state index < -0.39 is 0 Å². The quantitative estimate of drug-likeness (QED) is 0.681. The van der Waals surface area contributed by atoms with Gasteiger partial charge in [-0.25, -0.2) is 0 Å². The molecule has 0 aliphatic heterocycles. The predicted octanol–water partition coefficient (Wildman–Crippen LogP) is 3.60. The summed E-state index contributed by atoms with van der Waals surface area (Å²) in [5, 5.41) is 0.942. The maximum atomic E-state index is 11.8. The highest BCUT2D eigenvalue weighted by Gasteiger charge is 2.04. The maximum Gasteiger partial charge on any atom is 0.254 e. The number of benzene rings is 1. The van der Waals surface area contributed by atoms with Crippen LogP contribution in [0, 0.1) is 0 Å². The first-order valence-corrected chi connectivity index (χ1v) is 6.19. The molecule has 0 N–H and O–H groups in total. The van der Waals surface area contributed by atoms with Crippen molar-refractivity contribution in [1.82, 2.24) is 4.57 Å². The van der Waals surface area contributed by atoms with Crippen LogP contribution in [0.3, 0.4) is 0 Å². The first-order valence-electron chi connectivity index (χ1n) is 6.19. The van der Waals surface area contributed by atoms with Crippen molar-refractivity contribution in [1.29, 1.82) is 0 Å². The topological polar surface area (TPSA) is 44.4 Å². The Morgan fingerprint density at radius 3 is 2.80 bits per heavy atom. The average Bonchev–Trinajstić information content (AvgIpc) is 3.12. The minimum atomic E-state index is -0.118. The van der Waals surface area contributed by atoms with Crippen molar-refractivity contribution in [2.75, 3.05) is 7.11 Å². The molecule has 4 nitrogen and oxygen atoms in total. The fraction of sp³-hybridized carbons (Fsp3) is 0.0625. The third-order valence-electron chi connectivity index (χ3n) is 2.99. The largest absolute Gasteiger partial charge is 0.497 e. The highest BCUT2D eigenvalue weighted by Crippen LogP contribution is 2.24. The van der Waals surface area contributed by atoms with Crippen molar-refractivity contribution in [3.05, 3.63) is 60.6 Å². The highest BCUT2D eigenvalue weighted by molar-refractivity contribution is 5.94. The summed E-state index contributed by atoms with van der Waals surface area (Å²) >= 11 is 0. The molecular formula is C16H13NO3. The summed E-state index contributed by atoms with van der Waals surface area (Å²) in [5.41, 5.74) is 0.763. The summed E-state index contributed by atoms with van der Waals surface area (Å²) in [4.78, 5) is 11.8.